The summed E-state index contributed by atoms with van der Waals surface area (Å²) in [5.41, 5.74) is 3.27. The average Bonchev–Trinajstić information content (AvgIpc) is 3.43. The molecule has 0 bridgehead atoms. The summed E-state index contributed by atoms with van der Waals surface area (Å²) in [5.74, 6) is -0.201. The second-order valence-corrected chi connectivity index (χ2v) is 7.14. The monoisotopic (exact) mass is 389 g/mol. The molecule has 2 aromatic carbocycles. The Morgan fingerprint density at radius 1 is 0.966 bits per heavy atom. The lowest BCUT2D eigenvalue weighted by molar-refractivity contribution is 0.0792. The zero-order valence-corrected chi connectivity index (χ0v) is 16.3. The van der Waals surface area contributed by atoms with Crippen molar-refractivity contribution in [1.29, 1.82) is 0 Å². The molecule has 2 amide bonds. The second kappa shape index (κ2) is 8.26. The van der Waals surface area contributed by atoms with Crippen LogP contribution < -0.4 is 5.32 Å². The molecule has 1 aliphatic rings. The van der Waals surface area contributed by atoms with Crippen molar-refractivity contribution < 1.29 is 9.59 Å². The SMILES string of the molecule is Cc1nn(-c2ccccc2)nc1C(=O)NCc1ccc(C(=O)N2CCCC2)cc1. The van der Waals surface area contributed by atoms with E-state index in [1.165, 1.54) is 4.80 Å². The molecule has 7 heteroatoms. The molecule has 0 atom stereocenters. The molecule has 0 radical (unpaired) electrons. The molecule has 0 saturated carbocycles. The zero-order chi connectivity index (χ0) is 20.2. The summed E-state index contributed by atoms with van der Waals surface area (Å²) in [7, 11) is 0. The third-order valence-corrected chi connectivity index (χ3v) is 5.03. The number of carbonyl (C=O) groups excluding carboxylic acids is 2. The topological polar surface area (TPSA) is 80.1 Å². The number of nitrogens with zero attached hydrogens (tertiary/aromatic N) is 4. The summed E-state index contributed by atoms with van der Waals surface area (Å²) in [6.45, 7) is 3.79. The minimum absolute atomic E-state index is 0.0752. The van der Waals surface area contributed by atoms with Crippen LogP contribution in [0.3, 0.4) is 0 Å². The van der Waals surface area contributed by atoms with Crippen LogP contribution in [0, 0.1) is 6.92 Å². The van der Waals surface area contributed by atoms with Gasteiger partial charge in [-0.3, -0.25) is 9.59 Å². The van der Waals surface area contributed by atoms with Crippen LogP contribution in [-0.4, -0.2) is 44.8 Å². The van der Waals surface area contributed by atoms with E-state index in [4.69, 9.17) is 0 Å². The largest absolute Gasteiger partial charge is 0.347 e. The number of likely N-dealkylation sites (tertiary alicyclic amines) is 1. The maximum Gasteiger partial charge on any atom is 0.274 e. The van der Waals surface area contributed by atoms with Gasteiger partial charge in [0.15, 0.2) is 5.69 Å². The van der Waals surface area contributed by atoms with Gasteiger partial charge in [0.05, 0.1) is 11.4 Å². The van der Waals surface area contributed by atoms with Gasteiger partial charge < -0.3 is 10.2 Å². The predicted molar refractivity (Wildman–Crippen MR) is 109 cm³/mol. The molecule has 1 aliphatic heterocycles. The van der Waals surface area contributed by atoms with E-state index in [1.54, 1.807) is 6.92 Å². The Kier molecular flexibility index (Phi) is 5.37. The first-order valence-electron chi connectivity index (χ1n) is 9.77. The number of carbonyl (C=O) groups is 2. The van der Waals surface area contributed by atoms with Gasteiger partial charge in [0, 0.05) is 25.2 Å². The molecule has 1 saturated heterocycles. The Balaban J connectivity index is 1.38. The Labute approximate surface area is 169 Å². The van der Waals surface area contributed by atoms with Crippen molar-refractivity contribution in [2.75, 3.05) is 13.1 Å². The number of benzene rings is 2. The molecule has 1 fully saturated rings. The molecule has 0 spiro atoms. The van der Waals surface area contributed by atoms with E-state index in [2.05, 4.69) is 15.5 Å². The van der Waals surface area contributed by atoms with Crippen molar-refractivity contribution in [3.8, 4) is 5.69 Å². The predicted octanol–water partition coefficient (Wildman–Crippen LogP) is 2.74. The van der Waals surface area contributed by atoms with E-state index in [1.807, 2.05) is 59.5 Å². The average molecular weight is 389 g/mol. The number of hydrogen-bond acceptors (Lipinski definition) is 4. The van der Waals surface area contributed by atoms with Crippen molar-refractivity contribution in [2.45, 2.75) is 26.3 Å². The van der Waals surface area contributed by atoms with Crippen LogP contribution in [0.4, 0.5) is 0 Å². The number of aryl methyl sites for hydroxylation is 1. The van der Waals surface area contributed by atoms with Crippen molar-refractivity contribution in [3.05, 3.63) is 77.1 Å². The highest BCUT2D eigenvalue weighted by molar-refractivity contribution is 5.94. The molecule has 1 N–H and O–H groups in total. The highest BCUT2D eigenvalue weighted by Gasteiger charge is 2.19. The summed E-state index contributed by atoms with van der Waals surface area (Å²) >= 11 is 0. The smallest absolute Gasteiger partial charge is 0.274 e. The van der Waals surface area contributed by atoms with Crippen molar-refractivity contribution in [3.63, 3.8) is 0 Å². The van der Waals surface area contributed by atoms with Gasteiger partial charge in [0.25, 0.3) is 11.8 Å². The maximum absolute atomic E-state index is 12.5. The number of nitrogens with one attached hydrogen (secondary N) is 1. The van der Waals surface area contributed by atoms with Crippen LogP contribution in [0.25, 0.3) is 5.69 Å². The van der Waals surface area contributed by atoms with Gasteiger partial charge in [-0.05, 0) is 49.6 Å². The summed E-state index contributed by atoms with van der Waals surface area (Å²) in [5, 5.41) is 11.5. The standard InChI is InChI=1S/C22H23N5O2/c1-16-20(25-27(24-16)19-7-3-2-4-8-19)21(28)23-15-17-9-11-18(12-10-17)22(29)26-13-5-6-14-26/h2-4,7-12H,5-6,13-15H2,1H3,(H,23,28). The molecule has 148 valence electrons. The van der Waals surface area contributed by atoms with Gasteiger partial charge in [-0.2, -0.15) is 9.90 Å². The Bertz CT molecular complexity index is 1010. The fourth-order valence-electron chi connectivity index (χ4n) is 3.40. The summed E-state index contributed by atoms with van der Waals surface area (Å²) in [4.78, 5) is 28.3. The first-order valence-corrected chi connectivity index (χ1v) is 9.77. The minimum atomic E-state index is -0.276. The fraction of sp³-hybridized carbons (Fsp3) is 0.273. The van der Waals surface area contributed by atoms with Crippen molar-refractivity contribution >= 4 is 11.8 Å². The Morgan fingerprint density at radius 3 is 2.34 bits per heavy atom. The molecule has 0 aliphatic carbocycles. The minimum Gasteiger partial charge on any atom is -0.347 e. The summed E-state index contributed by atoms with van der Waals surface area (Å²) < 4.78 is 0. The normalized spacial score (nSPS) is 13.5. The lowest BCUT2D eigenvalue weighted by atomic mass is 10.1. The van der Waals surface area contributed by atoms with Crippen molar-refractivity contribution in [2.24, 2.45) is 0 Å². The lowest BCUT2D eigenvalue weighted by Crippen LogP contribution is -2.27. The number of amides is 2. The van der Waals surface area contributed by atoms with Gasteiger partial charge in [-0.15, -0.1) is 5.10 Å². The molecule has 1 aromatic heterocycles. The van der Waals surface area contributed by atoms with Crippen LogP contribution in [0.15, 0.2) is 54.6 Å². The van der Waals surface area contributed by atoms with Crippen LogP contribution >= 0.6 is 0 Å². The number of para-hydroxylation sites is 1. The molecule has 3 aromatic rings. The van der Waals surface area contributed by atoms with Gasteiger partial charge in [-0.1, -0.05) is 30.3 Å². The van der Waals surface area contributed by atoms with E-state index in [0.717, 1.165) is 37.2 Å². The summed E-state index contributed by atoms with van der Waals surface area (Å²) in [6, 6.07) is 16.8. The third-order valence-electron chi connectivity index (χ3n) is 5.03. The Morgan fingerprint density at radius 2 is 1.66 bits per heavy atom. The quantitative estimate of drug-likeness (QED) is 0.728. The molecule has 0 unspecified atom stereocenters. The highest BCUT2D eigenvalue weighted by atomic mass is 16.2. The summed E-state index contributed by atoms with van der Waals surface area (Å²) in [6.07, 6.45) is 2.15. The zero-order valence-electron chi connectivity index (χ0n) is 16.3. The van der Waals surface area contributed by atoms with Gasteiger partial charge in [0.2, 0.25) is 0 Å². The number of hydrogen-bond donors (Lipinski definition) is 1. The molecule has 2 heterocycles. The molecule has 4 rings (SSSR count). The first-order chi connectivity index (χ1) is 14.1. The van der Waals surface area contributed by atoms with E-state index in [-0.39, 0.29) is 11.8 Å². The molecular formula is C22H23N5O2. The van der Waals surface area contributed by atoms with Crippen LogP contribution in [0.2, 0.25) is 0 Å². The van der Waals surface area contributed by atoms with Gasteiger partial charge in [0.1, 0.15) is 0 Å². The van der Waals surface area contributed by atoms with Crippen LogP contribution in [0.1, 0.15) is 44.9 Å². The third kappa shape index (κ3) is 4.18. The maximum atomic E-state index is 12.5. The van der Waals surface area contributed by atoms with Crippen molar-refractivity contribution in [1.82, 2.24) is 25.2 Å². The Hall–Kier alpha value is -3.48. The lowest BCUT2D eigenvalue weighted by Gasteiger charge is -2.15. The van der Waals surface area contributed by atoms with E-state index >= 15 is 0 Å². The van der Waals surface area contributed by atoms with Crippen LogP contribution in [-0.2, 0) is 6.54 Å². The highest BCUT2D eigenvalue weighted by Crippen LogP contribution is 2.14. The van der Waals surface area contributed by atoms with Gasteiger partial charge >= 0.3 is 0 Å². The number of aromatic nitrogens is 3. The van der Waals surface area contributed by atoms with E-state index in [0.29, 0.717) is 23.5 Å². The van der Waals surface area contributed by atoms with Crippen LogP contribution in [0.5, 0.6) is 0 Å². The molecular weight excluding hydrogens is 366 g/mol. The first kappa shape index (κ1) is 18.9. The molecule has 7 nitrogen and oxygen atoms in total. The molecule has 29 heavy (non-hydrogen) atoms. The van der Waals surface area contributed by atoms with E-state index < -0.39 is 0 Å². The number of rotatable bonds is 5. The van der Waals surface area contributed by atoms with E-state index in [9.17, 15) is 9.59 Å². The second-order valence-electron chi connectivity index (χ2n) is 7.14. The fourth-order valence-corrected chi connectivity index (χ4v) is 3.40. The van der Waals surface area contributed by atoms with Gasteiger partial charge in [-0.25, -0.2) is 0 Å².